The van der Waals surface area contributed by atoms with Gasteiger partial charge in [0, 0.05) is 0 Å². The summed E-state index contributed by atoms with van der Waals surface area (Å²) in [6.07, 6.45) is 2.44. The van der Waals surface area contributed by atoms with E-state index in [0.29, 0.717) is 0 Å². The van der Waals surface area contributed by atoms with Gasteiger partial charge in [0.15, 0.2) is 0 Å². The standard InChI is InChI=1S/C11H14O/c1-11(7-8-11)12-9-10-5-3-2-4-6-10/h2-6H,7-9H2,1H3. The predicted molar refractivity (Wildman–Crippen MR) is 48.9 cm³/mol. The summed E-state index contributed by atoms with van der Waals surface area (Å²) in [6, 6.07) is 10.3. The zero-order valence-corrected chi connectivity index (χ0v) is 7.42. The van der Waals surface area contributed by atoms with Crippen molar-refractivity contribution in [3.63, 3.8) is 0 Å². The van der Waals surface area contributed by atoms with Gasteiger partial charge in [0.2, 0.25) is 0 Å². The third kappa shape index (κ3) is 1.86. The summed E-state index contributed by atoms with van der Waals surface area (Å²) in [5.74, 6) is 0. The van der Waals surface area contributed by atoms with Crippen LogP contribution in [0.25, 0.3) is 0 Å². The molecule has 1 nitrogen and oxygen atoms in total. The van der Waals surface area contributed by atoms with Gasteiger partial charge in [-0.1, -0.05) is 30.3 Å². The average Bonchev–Trinajstić information content (AvgIpc) is 2.84. The van der Waals surface area contributed by atoms with Crippen molar-refractivity contribution in [1.29, 1.82) is 0 Å². The van der Waals surface area contributed by atoms with Crippen molar-refractivity contribution in [2.24, 2.45) is 0 Å². The molecule has 12 heavy (non-hydrogen) atoms. The van der Waals surface area contributed by atoms with Crippen LogP contribution in [0.4, 0.5) is 0 Å². The summed E-state index contributed by atoms with van der Waals surface area (Å²) >= 11 is 0. The fourth-order valence-corrected chi connectivity index (χ4v) is 1.15. The molecular weight excluding hydrogens is 148 g/mol. The molecule has 1 fully saturated rings. The molecule has 2 rings (SSSR count). The first-order chi connectivity index (χ1) is 5.79. The van der Waals surface area contributed by atoms with Crippen LogP contribution < -0.4 is 0 Å². The van der Waals surface area contributed by atoms with Crippen LogP contribution in [0.5, 0.6) is 0 Å². The lowest BCUT2D eigenvalue weighted by atomic mass is 10.2. The number of benzene rings is 1. The molecule has 1 aromatic rings. The molecular formula is C11H14O. The van der Waals surface area contributed by atoms with Gasteiger partial charge in [0.1, 0.15) is 0 Å². The Morgan fingerprint density at radius 2 is 1.92 bits per heavy atom. The molecule has 1 heteroatoms. The summed E-state index contributed by atoms with van der Waals surface area (Å²) < 4.78 is 5.73. The first kappa shape index (κ1) is 7.81. The van der Waals surface area contributed by atoms with Crippen LogP contribution in [0.3, 0.4) is 0 Å². The minimum Gasteiger partial charge on any atom is -0.371 e. The second-order valence-electron chi connectivity index (χ2n) is 3.72. The largest absolute Gasteiger partial charge is 0.371 e. The van der Waals surface area contributed by atoms with E-state index < -0.39 is 0 Å². The Balaban J connectivity index is 1.88. The van der Waals surface area contributed by atoms with Crippen LogP contribution in [0.1, 0.15) is 25.3 Å². The van der Waals surface area contributed by atoms with Crippen molar-refractivity contribution in [3.8, 4) is 0 Å². The summed E-state index contributed by atoms with van der Waals surface area (Å²) in [4.78, 5) is 0. The molecule has 0 N–H and O–H groups in total. The van der Waals surface area contributed by atoms with Gasteiger partial charge in [0.05, 0.1) is 12.2 Å². The zero-order valence-electron chi connectivity index (χ0n) is 7.42. The Bertz CT molecular complexity index is 249. The minimum absolute atomic E-state index is 0.204. The van der Waals surface area contributed by atoms with E-state index in [1.807, 2.05) is 18.2 Å². The van der Waals surface area contributed by atoms with E-state index in [0.717, 1.165) is 6.61 Å². The Kier molecular flexibility index (Phi) is 1.89. The predicted octanol–water partition coefficient (Wildman–Crippen LogP) is 2.76. The average molecular weight is 162 g/mol. The number of ether oxygens (including phenoxy) is 1. The van der Waals surface area contributed by atoms with E-state index in [4.69, 9.17) is 4.74 Å². The quantitative estimate of drug-likeness (QED) is 0.664. The SMILES string of the molecule is CC1(OCc2ccccc2)CC1. The van der Waals surface area contributed by atoms with E-state index in [-0.39, 0.29) is 5.60 Å². The lowest BCUT2D eigenvalue weighted by molar-refractivity contribution is 0.0335. The smallest absolute Gasteiger partial charge is 0.0724 e. The van der Waals surface area contributed by atoms with Crippen LogP contribution in [-0.2, 0) is 11.3 Å². The molecule has 0 amide bonds. The normalized spacial score (nSPS) is 19.1. The summed E-state index contributed by atoms with van der Waals surface area (Å²) in [5.41, 5.74) is 1.47. The van der Waals surface area contributed by atoms with Crippen molar-refractivity contribution < 1.29 is 4.74 Å². The minimum atomic E-state index is 0.204. The van der Waals surface area contributed by atoms with Gasteiger partial charge in [-0.3, -0.25) is 0 Å². The summed E-state index contributed by atoms with van der Waals surface area (Å²) in [6.45, 7) is 2.94. The molecule has 0 aromatic heterocycles. The Labute approximate surface area is 73.4 Å². The molecule has 0 saturated heterocycles. The second kappa shape index (κ2) is 2.91. The van der Waals surface area contributed by atoms with Crippen LogP contribution >= 0.6 is 0 Å². The molecule has 0 spiro atoms. The second-order valence-corrected chi connectivity index (χ2v) is 3.72. The molecule has 1 saturated carbocycles. The maximum Gasteiger partial charge on any atom is 0.0724 e. The van der Waals surface area contributed by atoms with Crippen molar-refractivity contribution in [1.82, 2.24) is 0 Å². The number of rotatable bonds is 3. The molecule has 64 valence electrons. The third-order valence-corrected chi connectivity index (χ3v) is 2.38. The highest BCUT2D eigenvalue weighted by Gasteiger charge is 2.38. The van der Waals surface area contributed by atoms with Crippen LogP contribution in [0, 0.1) is 0 Å². The molecule has 0 heterocycles. The van der Waals surface area contributed by atoms with Gasteiger partial charge in [-0.25, -0.2) is 0 Å². The third-order valence-electron chi connectivity index (χ3n) is 2.38. The highest BCUT2D eigenvalue weighted by molar-refractivity contribution is 5.13. The molecule has 0 atom stereocenters. The van der Waals surface area contributed by atoms with Crippen molar-refractivity contribution in [2.75, 3.05) is 0 Å². The fourth-order valence-electron chi connectivity index (χ4n) is 1.15. The number of hydrogen-bond donors (Lipinski definition) is 0. The van der Waals surface area contributed by atoms with E-state index in [2.05, 4.69) is 19.1 Å². The van der Waals surface area contributed by atoms with Crippen molar-refractivity contribution >= 4 is 0 Å². The van der Waals surface area contributed by atoms with Gasteiger partial charge >= 0.3 is 0 Å². The van der Waals surface area contributed by atoms with Gasteiger partial charge in [-0.15, -0.1) is 0 Å². The van der Waals surface area contributed by atoms with Crippen LogP contribution in [0.15, 0.2) is 30.3 Å². The maximum atomic E-state index is 5.73. The topological polar surface area (TPSA) is 9.23 Å². The Morgan fingerprint density at radius 3 is 2.50 bits per heavy atom. The van der Waals surface area contributed by atoms with Crippen molar-refractivity contribution in [2.45, 2.75) is 32.0 Å². The van der Waals surface area contributed by atoms with Gasteiger partial charge in [-0.05, 0) is 25.3 Å². The molecule has 1 aromatic carbocycles. The first-order valence-corrected chi connectivity index (χ1v) is 4.46. The Hall–Kier alpha value is -0.820. The van der Waals surface area contributed by atoms with E-state index >= 15 is 0 Å². The lowest BCUT2D eigenvalue weighted by Crippen LogP contribution is -2.07. The monoisotopic (exact) mass is 162 g/mol. The fraction of sp³-hybridized carbons (Fsp3) is 0.455. The lowest BCUT2D eigenvalue weighted by Gasteiger charge is -2.09. The summed E-state index contributed by atoms with van der Waals surface area (Å²) in [7, 11) is 0. The van der Waals surface area contributed by atoms with Gasteiger partial charge in [-0.2, -0.15) is 0 Å². The van der Waals surface area contributed by atoms with E-state index in [1.165, 1.54) is 18.4 Å². The van der Waals surface area contributed by atoms with Crippen LogP contribution in [-0.4, -0.2) is 5.60 Å². The molecule has 1 aliphatic rings. The molecule has 0 bridgehead atoms. The highest BCUT2D eigenvalue weighted by atomic mass is 16.5. The molecule has 1 aliphatic carbocycles. The van der Waals surface area contributed by atoms with Crippen LogP contribution in [0.2, 0.25) is 0 Å². The molecule has 0 radical (unpaired) electrons. The van der Waals surface area contributed by atoms with Gasteiger partial charge in [0.25, 0.3) is 0 Å². The maximum absolute atomic E-state index is 5.73. The summed E-state index contributed by atoms with van der Waals surface area (Å²) in [5, 5.41) is 0. The first-order valence-electron chi connectivity index (χ1n) is 4.46. The van der Waals surface area contributed by atoms with E-state index in [9.17, 15) is 0 Å². The van der Waals surface area contributed by atoms with Crippen molar-refractivity contribution in [3.05, 3.63) is 35.9 Å². The van der Waals surface area contributed by atoms with Gasteiger partial charge < -0.3 is 4.74 Å². The molecule has 0 unspecified atom stereocenters. The Morgan fingerprint density at radius 1 is 1.25 bits per heavy atom. The zero-order chi connectivity index (χ0) is 8.44. The highest BCUT2D eigenvalue weighted by Crippen LogP contribution is 2.39. The number of hydrogen-bond acceptors (Lipinski definition) is 1. The molecule has 0 aliphatic heterocycles. The van der Waals surface area contributed by atoms with E-state index in [1.54, 1.807) is 0 Å².